The second-order valence-corrected chi connectivity index (χ2v) is 9.00. The van der Waals surface area contributed by atoms with E-state index in [0.717, 1.165) is 30.2 Å². The SMILES string of the molecule is COc1cc(Nc2ccc3ncc(N4CCOCC4)nc3c2C#N)ccc1OCc1cnn(C(C)C)c1. The van der Waals surface area contributed by atoms with Crippen molar-refractivity contribution in [3.8, 4) is 17.6 Å². The summed E-state index contributed by atoms with van der Waals surface area (Å²) in [5, 5.41) is 17.7. The van der Waals surface area contributed by atoms with Crippen molar-refractivity contribution in [3.05, 3.63) is 60.0 Å². The fourth-order valence-corrected chi connectivity index (χ4v) is 4.15. The summed E-state index contributed by atoms with van der Waals surface area (Å²) in [6.07, 6.45) is 5.53. The lowest BCUT2D eigenvalue weighted by Crippen LogP contribution is -2.36. The molecule has 37 heavy (non-hydrogen) atoms. The van der Waals surface area contributed by atoms with E-state index < -0.39 is 0 Å². The van der Waals surface area contributed by atoms with E-state index in [1.54, 1.807) is 19.5 Å². The number of anilines is 3. The van der Waals surface area contributed by atoms with Crippen LogP contribution in [0, 0.1) is 11.3 Å². The molecule has 10 nitrogen and oxygen atoms in total. The summed E-state index contributed by atoms with van der Waals surface area (Å²) in [6, 6.07) is 11.9. The Morgan fingerprint density at radius 1 is 1.14 bits per heavy atom. The first-order valence-electron chi connectivity index (χ1n) is 12.2. The maximum atomic E-state index is 10.0. The maximum Gasteiger partial charge on any atom is 0.162 e. The first-order valence-corrected chi connectivity index (χ1v) is 12.2. The number of fused-ring (bicyclic) bond motifs is 1. The first kappa shape index (κ1) is 24.3. The molecule has 10 heteroatoms. The second kappa shape index (κ2) is 10.7. The first-order chi connectivity index (χ1) is 18.1. The van der Waals surface area contributed by atoms with Crippen molar-refractivity contribution in [1.82, 2.24) is 19.7 Å². The van der Waals surface area contributed by atoms with Crippen molar-refractivity contribution in [2.75, 3.05) is 43.6 Å². The van der Waals surface area contributed by atoms with Crippen LogP contribution in [0.2, 0.25) is 0 Å². The third kappa shape index (κ3) is 5.27. The smallest absolute Gasteiger partial charge is 0.162 e. The van der Waals surface area contributed by atoms with Gasteiger partial charge in [0, 0.05) is 42.6 Å². The second-order valence-electron chi connectivity index (χ2n) is 9.00. The lowest BCUT2D eigenvalue weighted by molar-refractivity contribution is 0.122. The molecule has 0 radical (unpaired) electrons. The Balaban J connectivity index is 1.37. The number of methoxy groups -OCH3 is 1. The van der Waals surface area contributed by atoms with Crippen molar-refractivity contribution < 1.29 is 14.2 Å². The van der Waals surface area contributed by atoms with E-state index in [-0.39, 0.29) is 0 Å². The molecule has 0 spiro atoms. The third-order valence-corrected chi connectivity index (χ3v) is 6.17. The number of nitrogens with zero attached hydrogens (tertiary/aromatic N) is 6. The van der Waals surface area contributed by atoms with Gasteiger partial charge in [0.15, 0.2) is 11.5 Å². The molecular formula is C27H29N7O3. The fourth-order valence-electron chi connectivity index (χ4n) is 4.15. The van der Waals surface area contributed by atoms with Crippen molar-refractivity contribution in [3.63, 3.8) is 0 Å². The highest BCUT2D eigenvalue weighted by molar-refractivity contribution is 5.89. The zero-order chi connectivity index (χ0) is 25.8. The molecule has 0 aliphatic carbocycles. The average molecular weight is 500 g/mol. The predicted molar refractivity (Wildman–Crippen MR) is 141 cm³/mol. The zero-order valence-corrected chi connectivity index (χ0v) is 21.1. The number of hydrogen-bond acceptors (Lipinski definition) is 9. The van der Waals surface area contributed by atoms with E-state index in [0.29, 0.717) is 59.6 Å². The Morgan fingerprint density at radius 3 is 2.70 bits per heavy atom. The minimum atomic E-state index is 0.291. The molecule has 5 rings (SSSR count). The normalized spacial score (nSPS) is 13.5. The fraction of sp³-hybridized carbons (Fsp3) is 0.333. The number of morpholine rings is 1. The van der Waals surface area contributed by atoms with Gasteiger partial charge in [-0.1, -0.05) is 0 Å². The van der Waals surface area contributed by atoms with Gasteiger partial charge in [0.05, 0.1) is 43.9 Å². The molecule has 0 saturated carbocycles. The third-order valence-electron chi connectivity index (χ3n) is 6.17. The molecule has 1 aliphatic heterocycles. The Morgan fingerprint density at radius 2 is 1.97 bits per heavy atom. The largest absolute Gasteiger partial charge is 0.493 e. The monoisotopic (exact) mass is 499 g/mol. The molecule has 0 atom stereocenters. The lowest BCUT2D eigenvalue weighted by atomic mass is 10.1. The Bertz CT molecular complexity index is 1440. The number of benzene rings is 2. The minimum absolute atomic E-state index is 0.291. The molecule has 1 saturated heterocycles. The van der Waals surface area contributed by atoms with Crippen LogP contribution in [-0.4, -0.2) is 53.2 Å². The van der Waals surface area contributed by atoms with Crippen LogP contribution < -0.4 is 19.7 Å². The van der Waals surface area contributed by atoms with E-state index in [4.69, 9.17) is 19.2 Å². The van der Waals surface area contributed by atoms with Gasteiger partial charge in [-0.05, 0) is 38.1 Å². The van der Waals surface area contributed by atoms with E-state index in [2.05, 4.69) is 40.2 Å². The highest BCUT2D eigenvalue weighted by Crippen LogP contribution is 2.34. The van der Waals surface area contributed by atoms with E-state index in [1.807, 2.05) is 41.2 Å². The number of ether oxygens (including phenoxy) is 3. The van der Waals surface area contributed by atoms with Crippen molar-refractivity contribution in [2.24, 2.45) is 0 Å². The van der Waals surface area contributed by atoms with E-state index in [1.165, 1.54) is 0 Å². The highest BCUT2D eigenvalue weighted by Gasteiger charge is 2.17. The van der Waals surface area contributed by atoms with Crippen molar-refractivity contribution in [2.45, 2.75) is 26.5 Å². The molecule has 1 N–H and O–H groups in total. The topological polar surface area (TPSA) is 110 Å². The average Bonchev–Trinajstić information content (AvgIpc) is 3.42. The van der Waals surface area contributed by atoms with Gasteiger partial charge in [0.2, 0.25) is 0 Å². The molecule has 0 bridgehead atoms. The predicted octanol–water partition coefficient (Wildman–Crippen LogP) is 4.45. The van der Waals surface area contributed by atoms with Gasteiger partial charge in [-0.15, -0.1) is 0 Å². The van der Waals surface area contributed by atoms with Gasteiger partial charge in [0.25, 0.3) is 0 Å². The van der Waals surface area contributed by atoms with Crippen LogP contribution in [0.4, 0.5) is 17.2 Å². The van der Waals surface area contributed by atoms with E-state index in [9.17, 15) is 5.26 Å². The van der Waals surface area contributed by atoms with Crippen LogP contribution in [-0.2, 0) is 11.3 Å². The standard InChI is InChI=1S/C27H29N7O3/c1-18(2)34-16-19(14-30-34)17-37-24-7-4-20(12-25(24)35-3)31-22-5-6-23-27(21(22)13-28)32-26(15-29-23)33-8-10-36-11-9-33/h4-7,12,14-16,18,31H,8-11,17H2,1-3H3. The summed E-state index contributed by atoms with van der Waals surface area (Å²) in [5.41, 5.74) is 4.03. The number of nitriles is 1. The van der Waals surface area contributed by atoms with Gasteiger partial charge in [-0.2, -0.15) is 10.4 Å². The van der Waals surface area contributed by atoms with Crippen LogP contribution in [0.5, 0.6) is 11.5 Å². The summed E-state index contributed by atoms with van der Waals surface area (Å²) < 4.78 is 18.9. The van der Waals surface area contributed by atoms with Crippen LogP contribution in [0.25, 0.3) is 11.0 Å². The quantitative estimate of drug-likeness (QED) is 0.376. The zero-order valence-electron chi connectivity index (χ0n) is 21.1. The molecule has 1 aliphatic rings. The molecular weight excluding hydrogens is 470 g/mol. The van der Waals surface area contributed by atoms with Gasteiger partial charge in [-0.3, -0.25) is 9.67 Å². The molecule has 1 fully saturated rings. The molecule has 3 heterocycles. The van der Waals surface area contributed by atoms with Gasteiger partial charge in [-0.25, -0.2) is 4.98 Å². The van der Waals surface area contributed by atoms with Crippen molar-refractivity contribution in [1.29, 1.82) is 5.26 Å². The number of nitrogens with one attached hydrogen (secondary N) is 1. The number of rotatable bonds is 8. The molecule has 2 aromatic carbocycles. The Kier molecular flexibility index (Phi) is 7.05. The summed E-state index contributed by atoms with van der Waals surface area (Å²) >= 11 is 0. The summed E-state index contributed by atoms with van der Waals surface area (Å²) in [7, 11) is 1.60. The van der Waals surface area contributed by atoms with E-state index >= 15 is 0 Å². The Labute approximate surface area is 215 Å². The number of hydrogen-bond donors (Lipinski definition) is 1. The maximum absolute atomic E-state index is 10.0. The van der Waals surface area contributed by atoms with Gasteiger partial charge in [0.1, 0.15) is 29.6 Å². The van der Waals surface area contributed by atoms with Crippen LogP contribution in [0.1, 0.15) is 31.0 Å². The van der Waals surface area contributed by atoms with Crippen LogP contribution in [0.15, 0.2) is 48.9 Å². The molecule has 0 amide bonds. The van der Waals surface area contributed by atoms with Crippen LogP contribution >= 0.6 is 0 Å². The van der Waals surface area contributed by atoms with Crippen molar-refractivity contribution >= 4 is 28.2 Å². The molecule has 4 aromatic rings. The molecule has 2 aromatic heterocycles. The molecule has 0 unspecified atom stereocenters. The van der Waals surface area contributed by atoms with Crippen LogP contribution in [0.3, 0.4) is 0 Å². The van der Waals surface area contributed by atoms with Gasteiger partial charge < -0.3 is 24.4 Å². The summed E-state index contributed by atoms with van der Waals surface area (Å²) in [4.78, 5) is 11.4. The summed E-state index contributed by atoms with van der Waals surface area (Å²) in [6.45, 7) is 7.32. The molecule has 190 valence electrons. The summed E-state index contributed by atoms with van der Waals surface area (Å²) in [5.74, 6) is 1.94. The lowest BCUT2D eigenvalue weighted by Gasteiger charge is -2.27. The minimum Gasteiger partial charge on any atom is -0.493 e. The number of aromatic nitrogens is 4. The highest BCUT2D eigenvalue weighted by atomic mass is 16.5. The van der Waals surface area contributed by atoms with Gasteiger partial charge >= 0.3 is 0 Å². The Hall–Kier alpha value is -4.36.